The number of alkyl carbamates (subject to hydrolysis) is 1. The van der Waals surface area contributed by atoms with Gasteiger partial charge >= 0.3 is 12.1 Å². The fraction of sp³-hybridized carbons (Fsp3) is 0.375. The van der Waals surface area contributed by atoms with Crippen LogP contribution in [0.3, 0.4) is 0 Å². The molecule has 1 saturated carbocycles. The molecule has 2 aromatic carbocycles. The van der Waals surface area contributed by atoms with Gasteiger partial charge in [-0.05, 0) is 41.5 Å². The largest absolute Gasteiger partial charge is 0.480 e. The summed E-state index contributed by atoms with van der Waals surface area (Å²) in [5.74, 6) is -2.22. The van der Waals surface area contributed by atoms with Crippen LogP contribution in [0.1, 0.15) is 30.4 Å². The third-order valence-electron chi connectivity index (χ3n) is 6.16. The number of fused-ring (bicyclic) bond motifs is 3. The molecule has 2 aliphatic carbocycles. The number of ether oxygens (including phenoxy) is 1. The molecule has 2 aromatic rings. The molecule has 8 nitrogen and oxygen atoms in total. The lowest BCUT2D eigenvalue weighted by Crippen LogP contribution is -2.48. The van der Waals surface area contributed by atoms with Gasteiger partial charge in [-0.25, -0.2) is 9.59 Å². The maximum absolute atomic E-state index is 12.2. The fourth-order valence-corrected chi connectivity index (χ4v) is 4.31. The standard InChI is InChI=1S/C24H26N2O6/c1-13(27)21(23(29)30)26-22(28)19-10-14(19)11-25-24(31)32-12-20-17-8-4-2-6-15(17)16-7-3-5-9-18(16)20/h2-9,13-14,19-21,27H,10-12H2,1H3,(H,25,31)(H,26,28)(H,29,30)/t13-,14?,19?,21+/m1/s1. The molecule has 1 fully saturated rings. The lowest BCUT2D eigenvalue weighted by molar-refractivity contribution is -0.145. The van der Waals surface area contributed by atoms with Gasteiger partial charge in [-0.2, -0.15) is 0 Å². The van der Waals surface area contributed by atoms with E-state index in [-0.39, 0.29) is 30.9 Å². The number of carboxylic acids is 1. The van der Waals surface area contributed by atoms with Crippen molar-refractivity contribution in [3.05, 3.63) is 59.7 Å². The van der Waals surface area contributed by atoms with Gasteiger partial charge in [-0.15, -0.1) is 0 Å². The number of rotatable bonds is 8. The van der Waals surface area contributed by atoms with Crippen LogP contribution in [0.4, 0.5) is 4.79 Å². The van der Waals surface area contributed by atoms with E-state index in [2.05, 4.69) is 22.8 Å². The van der Waals surface area contributed by atoms with Crippen molar-refractivity contribution in [1.29, 1.82) is 0 Å². The molecule has 168 valence electrons. The Hall–Kier alpha value is -3.39. The molecule has 8 heteroatoms. The summed E-state index contributed by atoms with van der Waals surface area (Å²) in [5, 5.41) is 23.6. The number of aliphatic carboxylic acids is 1. The highest BCUT2D eigenvalue weighted by Gasteiger charge is 2.44. The Bertz CT molecular complexity index is 991. The Morgan fingerprint density at radius 1 is 1.06 bits per heavy atom. The number of carbonyl (C=O) groups is 3. The zero-order valence-corrected chi connectivity index (χ0v) is 17.7. The number of hydrogen-bond acceptors (Lipinski definition) is 5. The maximum Gasteiger partial charge on any atom is 0.407 e. The molecule has 0 bridgehead atoms. The Kier molecular flexibility index (Phi) is 6.14. The average Bonchev–Trinajstić information content (AvgIpc) is 3.49. The molecule has 2 unspecified atom stereocenters. The van der Waals surface area contributed by atoms with Crippen LogP contribution in [-0.4, -0.2) is 53.5 Å². The topological polar surface area (TPSA) is 125 Å². The second-order valence-corrected chi connectivity index (χ2v) is 8.37. The number of aliphatic hydroxyl groups excluding tert-OH is 1. The normalized spacial score (nSPS) is 20.4. The molecule has 0 spiro atoms. The van der Waals surface area contributed by atoms with Crippen LogP contribution in [0.25, 0.3) is 11.1 Å². The third-order valence-corrected chi connectivity index (χ3v) is 6.16. The van der Waals surface area contributed by atoms with Crippen molar-refractivity contribution in [3.63, 3.8) is 0 Å². The Labute approximate surface area is 185 Å². The van der Waals surface area contributed by atoms with Gasteiger partial charge in [0.15, 0.2) is 6.04 Å². The fourth-order valence-electron chi connectivity index (χ4n) is 4.31. The third kappa shape index (κ3) is 4.45. The van der Waals surface area contributed by atoms with Crippen LogP contribution in [0.15, 0.2) is 48.5 Å². The molecular weight excluding hydrogens is 412 g/mol. The highest BCUT2D eigenvalue weighted by Crippen LogP contribution is 2.44. The summed E-state index contributed by atoms with van der Waals surface area (Å²) in [6, 6.07) is 14.8. The predicted octanol–water partition coefficient (Wildman–Crippen LogP) is 2.11. The first-order valence-electron chi connectivity index (χ1n) is 10.7. The number of benzene rings is 2. The number of aliphatic hydroxyl groups is 1. The van der Waals surface area contributed by atoms with Gasteiger partial charge in [-0.3, -0.25) is 4.79 Å². The lowest BCUT2D eigenvalue weighted by Gasteiger charge is -2.17. The number of carboxylic acid groups (broad SMARTS) is 1. The van der Waals surface area contributed by atoms with E-state index in [1.165, 1.54) is 6.92 Å². The van der Waals surface area contributed by atoms with Gasteiger partial charge in [0.05, 0.1) is 6.10 Å². The quantitative estimate of drug-likeness (QED) is 0.500. The highest BCUT2D eigenvalue weighted by molar-refractivity contribution is 5.87. The van der Waals surface area contributed by atoms with Gasteiger partial charge in [0.2, 0.25) is 5.91 Å². The van der Waals surface area contributed by atoms with Gasteiger partial charge in [-0.1, -0.05) is 48.5 Å². The molecule has 4 rings (SSSR count). The number of nitrogens with one attached hydrogen (secondary N) is 2. The van der Waals surface area contributed by atoms with Crippen molar-refractivity contribution < 1.29 is 29.3 Å². The number of amides is 2. The number of carbonyl (C=O) groups excluding carboxylic acids is 2. The Balaban J connectivity index is 1.26. The van der Waals surface area contributed by atoms with Crippen molar-refractivity contribution in [3.8, 4) is 11.1 Å². The van der Waals surface area contributed by atoms with Crippen LogP contribution < -0.4 is 10.6 Å². The van der Waals surface area contributed by atoms with Crippen molar-refractivity contribution in [2.75, 3.05) is 13.2 Å². The first kappa shape index (κ1) is 21.8. The highest BCUT2D eigenvalue weighted by atomic mass is 16.5. The molecule has 0 aromatic heterocycles. The average molecular weight is 438 g/mol. The summed E-state index contributed by atoms with van der Waals surface area (Å²) in [6.07, 6.45) is -1.21. The molecule has 0 saturated heterocycles. The molecule has 4 atom stereocenters. The molecular formula is C24H26N2O6. The van der Waals surface area contributed by atoms with Crippen molar-refractivity contribution in [1.82, 2.24) is 10.6 Å². The SMILES string of the molecule is C[C@@H](O)[C@H](NC(=O)C1CC1CNC(=O)OCC1c2ccccc2-c2ccccc21)C(=O)O. The molecule has 2 aliphatic rings. The van der Waals surface area contributed by atoms with E-state index in [9.17, 15) is 19.5 Å². The summed E-state index contributed by atoms with van der Waals surface area (Å²) in [7, 11) is 0. The zero-order valence-electron chi connectivity index (χ0n) is 17.7. The lowest BCUT2D eigenvalue weighted by atomic mass is 9.98. The smallest absolute Gasteiger partial charge is 0.407 e. The molecule has 0 heterocycles. The van der Waals surface area contributed by atoms with E-state index in [4.69, 9.17) is 9.84 Å². The summed E-state index contributed by atoms with van der Waals surface area (Å²) < 4.78 is 5.48. The van der Waals surface area contributed by atoms with E-state index < -0.39 is 30.1 Å². The summed E-state index contributed by atoms with van der Waals surface area (Å²) in [6.45, 7) is 1.78. The van der Waals surface area contributed by atoms with Crippen molar-refractivity contribution in [2.45, 2.75) is 31.4 Å². The minimum Gasteiger partial charge on any atom is -0.480 e. The molecule has 0 aliphatic heterocycles. The van der Waals surface area contributed by atoms with Gasteiger partial charge in [0.25, 0.3) is 0 Å². The maximum atomic E-state index is 12.2. The van der Waals surface area contributed by atoms with Crippen LogP contribution >= 0.6 is 0 Å². The molecule has 4 N–H and O–H groups in total. The minimum atomic E-state index is -1.35. The zero-order chi connectivity index (χ0) is 22.8. The van der Waals surface area contributed by atoms with E-state index in [0.717, 1.165) is 22.3 Å². The minimum absolute atomic E-state index is 0.0268. The Morgan fingerprint density at radius 2 is 1.66 bits per heavy atom. The molecule has 2 amide bonds. The van der Waals surface area contributed by atoms with E-state index in [1.54, 1.807) is 0 Å². The predicted molar refractivity (Wildman–Crippen MR) is 116 cm³/mol. The summed E-state index contributed by atoms with van der Waals surface area (Å²) >= 11 is 0. The monoisotopic (exact) mass is 438 g/mol. The van der Waals surface area contributed by atoms with Crippen LogP contribution in [0, 0.1) is 11.8 Å². The van der Waals surface area contributed by atoms with Crippen molar-refractivity contribution >= 4 is 18.0 Å². The molecule has 32 heavy (non-hydrogen) atoms. The van der Waals surface area contributed by atoms with Gasteiger partial charge in [0.1, 0.15) is 6.61 Å². The first-order chi connectivity index (χ1) is 15.4. The van der Waals surface area contributed by atoms with Gasteiger partial charge < -0.3 is 25.6 Å². The van der Waals surface area contributed by atoms with E-state index >= 15 is 0 Å². The first-order valence-corrected chi connectivity index (χ1v) is 10.7. The van der Waals surface area contributed by atoms with E-state index in [0.29, 0.717) is 6.42 Å². The Morgan fingerprint density at radius 3 is 2.22 bits per heavy atom. The molecule has 0 radical (unpaired) electrons. The van der Waals surface area contributed by atoms with Crippen molar-refractivity contribution in [2.24, 2.45) is 11.8 Å². The second-order valence-electron chi connectivity index (χ2n) is 8.37. The van der Waals surface area contributed by atoms with E-state index in [1.807, 2.05) is 36.4 Å². The number of hydrogen-bond donors (Lipinski definition) is 4. The van der Waals surface area contributed by atoms with Gasteiger partial charge in [0, 0.05) is 18.4 Å². The van der Waals surface area contributed by atoms with Crippen LogP contribution in [0.2, 0.25) is 0 Å². The summed E-state index contributed by atoms with van der Waals surface area (Å²) in [5.41, 5.74) is 4.57. The summed E-state index contributed by atoms with van der Waals surface area (Å²) in [4.78, 5) is 35.5. The van der Waals surface area contributed by atoms with Crippen LogP contribution in [-0.2, 0) is 14.3 Å². The van der Waals surface area contributed by atoms with Crippen LogP contribution in [0.5, 0.6) is 0 Å². The second kappa shape index (κ2) is 9.00.